The Morgan fingerprint density at radius 1 is 1.35 bits per heavy atom. The molecule has 2 rings (SSSR count). The average Bonchev–Trinajstić information content (AvgIpc) is 2.27. The van der Waals surface area contributed by atoms with E-state index in [-0.39, 0.29) is 5.56 Å². The number of carboxylic acid groups (broad SMARTS) is 1. The molecule has 2 aromatic rings. The highest BCUT2D eigenvalue weighted by molar-refractivity contribution is 5.90. The second-order valence-corrected chi connectivity index (χ2v) is 3.65. The van der Waals surface area contributed by atoms with Crippen LogP contribution in [0, 0.1) is 0 Å². The zero-order valence-electron chi connectivity index (χ0n) is 9.14. The van der Waals surface area contributed by atoms with Gasteiger partial charge in [0.25, 0.3) is 0 Å². The topological polar surface area (TPSA) is 67.5 Å². The summed E-state index contributed by atoms with van der Waals surface area (Å²) in [5.41, 5.74) is 0.603. The molecule has 0 aliphatic rings. The molecule has 0 fully saturated rings. The van der Waals surface area contributed by atoms with Crippen molar-refractivity contribution in [3.05, 3.63) is 52.4 Å². The van der Waals surface area contributed by atoms with Crippen molar-refractivity contribution in [2.75, 3.05) is 0 Å². The van der Waals surface area contributed by atoms with Gasteiger partial charge in [0.15, 0.2) is 0 Å². The number of aliphatic carboxylic acids is 1. The predicted octanol–water partition coefficient (Wildman–Crippen LogP) is 2.28. The number of benzene rings is 1. The van der Waals surface area contributed by atoms with Crippen molar-refractivity contribution in [1.29, 1.82) is 0 Å². The Hall–Kier alpha value is -2.36. The van der Waals surface area contributed by atoms with Crippen LogP contribution in [0.1, 0.15) is 12.5 Å². The van der Waals surface area contributed by atoms with E-state index in [2.05, 4.69) is 0 Å². The Labute approximate surface area is 96.8 Å². The zero-order chi connectivity index (χ0) is 12.4. The van der Waals surface area contributed by atoms with Crippen molar-refractivity contribution in [3.8, 4) is 0 Å². The Morgan fingerprint density at radius 3 is 2.76 bits per heavy atom. The standard InChI is InChI=1S/C13H10O4/c1-8(6-12(14)15)10-7-9-4-2-3-5-11(9)17-13(10)16/h2-7H,1H3,(H,14,15). The molecule has 1 aromatic carbocycles. The number of carboxylic acids is 1. The molecule has 0 unspecified atom stereocenters. The molecule has 4 nitrogen and oxygen atoms in total. The van der Waals surface area contributed by atoms with E-state index in [9.17, 15) is 9.59 Å². The minimum atomic E-state index is -1.09. The fraction of sp³-hybridized carbons (Fsp3) is 0.0769. The first-order valence-electron chi connectivity index (χ1n) is 5.02. The first kappa shape index (κ1) is 11.1. The third-order valence-corrected chi connectivity index (χ3v) is 2.41. The fourth-order valence-electron chi connectivity index (χ4n) is 1.60. The van der Waals surface area contributed by atoms with E-state index >= 15 is 0 Å². The number of carbonyl (C=O) groups is 1. The lowest BCUT2D eigenvalue weighted by Gasteiger charge is -2.01. The lowest BCUT2D eigenvalue weighted by molar-refractivity contribution is -0.131. The summed E-state index contributed by atoms with van der Waals surface area (Å²) >= 11 is 0. The number of hydrogen-bond donors (Lipinski definition) is 1. The van der Waals surface area contributed by atoms with Crippen molar-refractivity contribution < 1.29 is 14.3 Å². The second-order valence-electron chi connectivity index (χ2n) is 3.65. The van der Waals surface area contributed by atoms with Gasteiger partial charge in [-0.3, -0.25) is 0 Å². The summed E-state index contributed by atoms with van der Waals surface area (Å²) in [4.78, 5) is 22.2. The van der Waals surface area contributed by atoms with Crippen molar-refractivity contribution >= 4 is 22.5 Å². The van der Waals surface area contributed by atoms with Crippen LogP contribution >= 0.6 is 0 Å². The molecule has 17 heavy (non-hydrogen) atoms. The van der Waals surface area contributed by atoms with Gasteiger partial charge in [-0.1, -0.05) is 18.2 Å². The quantitative estimate of drug-likeness (QED) is 0.634. The maximum atomic E-state index is 11.7. The molecule has 0 bridgehead atoms. The van der Waals surface area contributed by atoms with Crippen LogP contribution < -0.4 is 5.63 Å². The molecule has 0 amide bonds. The highest BCUT2D eigenvalue weighted by Gasteiger charge is 2.07. The number of rotatable bonds is 2. The Morgan fingerprint density at radius 2 is 2.06 bits per heavy atom. The van der Waals surface area contributed by atoms with Gasteiger partial charge in [-0.2, -0.15) is 0 Å². The van der Waals surface area contributed by atoms with Crippen LogP contribution in [0.2, 0.25) is 0 Å². The molecule has 4 heteroatoms. The molecule has 0 saturated heterocycles. The van der Waals surface area contributed by atoms with Crippen molar-refractivity contribution in [1.82, 2.24) is 0 Å². The SMILES string of the molecule is CC(=CC(=O)O)c1cc2ccccc2oc1=O. The summed E-state index contributed by atoms with van der Waals surface area (Å²) in [7, 11) is 0. The molecule has 0 aliphatic heterocycles. The number of hydrogen-bond acceptors (Lipinski definition) is 3. The van der Waals surface area contributed by atoms with Gasteiger partial charge < -0.3 is 9.52 Å². The van der Waals surface area contributed by atoms with Gasteiger partial charge in [0.1, 0.15) is 5.58 Å². The summed E-state index contributed by atoms with van der Waals surface area (Å²) in [6.45, 7) is 1.56. The molecule has 0 spiro atoms. The summed E-state index contributed by atoms with van der Waals surface area (Å²) in [5.74, 6) is -1.09. The lowest BCUT2D eigenvalue weighted by Crippen LogP contribution is -2.06. The molecule has 1 heterocycles. The number of para-hydroxylation sites is 1. The predicted molar refractivity (Wildman–Crippen MR) is 63.8 cm³/mol. The lowest BCUT2D eigenvalue weighted by atomic mass is 10.1. The van der Waals surface area contributed by atoms with E-state index in [1.807, 2.05) is 6.07 Å². The van der Waals surface area contributed by atoms with Crippen LogP contribution in [-0.2, 0) is 4.79 Å². The van der Waals surface area contributed by atoms with Gasteiger partial charge in [-0.25, -0.2) is 9.59 Å². The molecule has 1 aromatic heterocycles. The molecule has 0 atom stereocenters. The maximum Gasteiger partial charge on any atom is 0.343 e. The molecule has 1 N–H and O–H groups in total. The van der Waals surface area contributed by atoms with Crippen LogP contribution in [0.15, 0.2) is 45.6 Å². The number of fused-ring (bicyclic) bond motifs is 1. The van der Waals surface area contributed by atoms with Gasteiger partial charge in [0.2, 0.25) is 0 Å². The van der Waals surface area contributed by atoms with E-state index in [1.165, 1.54) is 0 Å². The largest absolute Gasteiger partial charge is 0.478 e. The molecule has 86 valence electrons. The van der Waals surface area contributed by atoms with E-state index in [0.717, 1.165) is 11.5 Å². The Balaban J connectivity index is 2.67. The summed E-state index contributed by atoms with van der Waals surface area (Å²) < 4.78 is 5.11. The maximum absolute atomic E-state index is 11.7. The van der Waals surface area contributed by atoms with Gasteiger partial charge in [-0.05, 0) is 24.6 Å². The normalized spacial score (nSPS) is 11.7. The zero-order valence-corrected chi connectivity index (χ0v) is 9.14. The smallest absolute Gasteiger partial charge is 0.343 e. The van der Waals surface area contributed by atoms with Gasteiger partial charge in [0.05, 0.1) is 5.56 Å². The van der Waals surface area contributed by atoms with Crippen molar-refractivity contribution in [2.45, 2.75) is 6.92 Å². The minimum Gasteiger partial charge on any atom is -0.478 e. The van der Waals surface area contributed by atoms with E-state index in [0.29, 0.717) is 11.2 Å². The third-order valence-electron chi connectivity index (χ3n) is 2.41. The van der Waals surface area contributed by atoms with Gasteiger partial charge in [0, 0.05) is 11.5 Å². The first-order valence-corrected chi connectivity index (χ1v) is 5.02. The molecular formula is C13H10O4. The monoisotopic (exact) mass is 230 g/mol. The van der Waals surface area contributed by atoms with E-state index in [4.69, 9.17) is 9.52 Å². The molecule has 0 aliphatic carbocycles. The second kappa shape index (κ2) is 4.25. The highest BCUT2D eigenvalue weighted by Crippen LogP contribution is 2.17. The average molecular weight is 230 g/mol. The highest BCUT2D eigenvalue weighted by atomic mass is 16.4. The fourth-order valence-corrected chi connectivity index (χ4v) is 1.60. The summed E-state index contributed by atoms with van der Waals surface area (Å²) in [6, 6.07) is 8.72. The van der Waals surface area contributed by atoms with Crippen LogP contribution in [0.5, 0.6) is 0 Å². The van der Waals surface area contributed by atoms with Gasteiger partial charge >= 0.3 is 11.6 Å². The van der Waals surface area contributed by atoms with Gasteiger partial charge in [-0.15, -0.1) is 0 Å². The van der Waals surface area contributed by atoms with Crippen LogP contribution in [0.3, 0.4) is 0 Å². The van der Waals surface area contributed by atoms with Crippen LogP contribution in [0.25, 0.3) is 16.5 Å². The van der Waals surface area contributed by atoms with Crippen molar-refractivity contribution in [2.24, 2.45) is 0 Å². The Bertz CT molecular complexity index is 664. The summed E-state index contributed by atoms with van der Waals surface area (Å²) in [6.07, 6.45) is 0.987. The first-order chi connectivity index (χ1) is 8.08. The van der Waals surface area contributed by atoms with Crippen LogP contribution in [-0.4, -0.2) is 11.1 Å². The molecule has 0 saturated carbocycles. The van der Waals surface area contributed by atoms with E-state index < -0.39 is 11.6 Å². The molecule has 0 radical (unpaired) electrons. The van der Waals surface area contributed by atoms with Crippen molar-refractivity contribution in [3.63, 3.8) is 0 Å². The Kier molecular flexibility index (Phi) is 2.78. The van der Waals surface area contributed by atoms with E-state index in [1.54, 1.807) is 31.2 Å². The third kappa shape index (κ3) is 2.25. The summed E-state index contributed by atoms with van der Waals surface area (Å²) in [5, 5.41) is 9.40. The number of allylic oxidation sites excluding steroid dienone is 1. The van der Waals surface area contributed by atoms with Crippen LogP contribution in [0.4, 0.5) is 0 Å². The molecular weight excluding hydrogens is 220 g/mol. The minimum absolute atomic E-state index is 0.270.